The molecule has 0 radical (unpaired) electrons. The Bertz CT molecular complexity index is 869. The second-order valence-corrected chi connectivity index (χ2v) is 6.09. The summed E-state index contributed by atoms with van der Waals surface area (Å²) < 4.78 is 0. The average Bonchev–Trinajstić information content (AvgIpc) is 3.10. The van der Waals surface area contributed by atoms with Crippen molar-refractivity contribution < 1.29 is 9.90 Å². The second-order valence-electron chi connectivity index (χ2n) is 6.09. The number of aliphatic hydroxyl groups is 1. The molecule has 0 unspecified atom stereocenters. The highest BCUT2D eigenvalue weighted by Crippen LogP contribution is 2.32. The molecule has 7 heteroatoms. The van der Waals surface area contributed by atoms with Crippen LogP contribution in [-0.4, -0.2) is 49.4 Å². The number of H-pyrrole nitrogens is 1. The number of aromatic nitrogens is 4. The third-order valence-corrected chi connectivity index (χ3v) is 4.64. The van der Waals surface area contributed by atoms with Crippen molar-refractivity contribution in [1.29, 1.82) is 0 Å². The maximum atomic E-state index is 12.7. The molecule has 2 aromatic heterocycles. The van der Waals surface area contributed by atoms with Gasteiger partial charge in [0, 0.05) is 36.6 Å². The van der Waals surface area contributed by atoms with Crippen LogP contribution in [0.3, 0.4) is 0 Å². The van der Waals surface area contributed by atoms with Gasteiger partial charge in [0.25, 0.3) is 5.91 Å². The van der Waals surface area contributed by atoms with Gasteiger partial charge in [0.2, 0.25) is 0 Å². The van der Waals surface area contributed by atoms with E-state index in [0.29, 0.717) is 37.0 Å². The Morgan fingerprint density at radius 1 is 1.17 bits per heavy atom. The van der Waals surface area contributed by atoms with Gasteiger partial charge in [-0.25, -0.2) is 0 Å². The van der Waals surface area contributed by atoms with E-state index in [0.717, 1.165) is 11.1 Å². The lowest BCUT2D eigenvalue weighted by Gasteiger charge is -2.38. The molecule has 1 fully saturated rings. The zero-order valence-electron chi connectivity index (χ0n) is 13.0. The Morgan fingerprint density at radius 3 is 2.71 bits per heavy atom. The lowest BCUT2D eigenvalue weighted by molar-refractivity contribution is -0.0213. The van der Waals surface area contributed by atoms with Crippen LogP contribution >= 0.6 is 0 Å². The number of hydrogen-bond acceptors (Lipinski definition) is 5. The monoisotopic (exact) mass is 323 g/mol. The smallest absolute Gasteiger partial charge is 0.253 e. The van der Waals surface area contributed by atoms with Crippen LogP contribution in [0.2, 0.25) is 0 Å². The number of nitrogens with zero attached hydrogens (tertiary/aromatic N) is 4. The number of hydrogen-bond donors (Lipinski definition) is 2. The van der Waals surface area contributed by atoms with E-state index in [1.807, 2.05) is 12.1 Å². The quantitative estimate of drug-likeness (QED) is 0.745. The van der Waals surface area contributed by atoms with Crippen LogP contribution in [0.15, 0.2) is 42.7 Å². The number of pyridine rings is 1. The maximum Gasteiger partial charge on any atom is 0.253 e. The number of nitrogens with one attached hydrogen (secondary N) is 1. The van der Waals surface area contributed by atoms with E-state index >= 15 is 0 Å². The SMILES string of the molecule is O=C(c1ccc2n[nH]nc2c1)N1CCC(O)(c2cccnc2)CC1. The lowest BCUT2D eigenvalue weighted by atomic mass is 9.85. The molecule has 1 aliphatic rings. The van der Waals surface area contributed by atoms with E-state index in [-0.39, 0.29) is 5.91 Å². The van der Waals surface area contributed by atoms with Crippen LogP contribution in [-0.2, 0) is 5.60 Å². The zero-order valence-corrected chi connectivity index (χ0v) is 13.0. The summed E-state index contributed by atoms with van der Waals surface area (Å²) in [7, 11) is 0. The first-order valence-corrected chi connectivity index (χ1v) is 7.88. The normalized spacial score (nSPS) is 17.1. The number of carbonyl (C=O) groups excluding carboxylic acids is 1. The summed E-state index contributed by atoms with van der Waals surface area (Å²) in [6, 6.07) is 8.97. The van der Waals surface area contributed by atoms with Crippen molar-refractivity contribution >= 4 is 16.9 Å². The highest BCUT2D eigenvalue weighted by molar-refractivity contribution is 5.97. The molecule has 0 bridgehead atoms. The molecule has 3 aromatic rings. The molecule has 1 saturated heterocycles. The van der Waals surface area contributed by atoms with Crippen molar-refractivity contribution in [2.24, 2.45) is 0 Å². The predicted octanol–water partition coefficient (Wildman–Crippen LogP) is 1.48. The number of likely N-dealkylation sites (tertiary alicyclic amines) is 1. The van der Waals surface area contributed by atoms with Gasteiger partial charge in [0.05, 0.1) is 5.60 Å². The highest BCUT2D eigenvalue weighted by Gasteiger charge is 2.35. The molecule has 24 heavy (non-hydrogen) atoms. The van der Waals surface area contributed by atoms with Gasteiger partial charge in [0.15, 0.2) is 0 Å². The Morgan fingerprint density at radius 2 is 1.96 bits per heavy atom. The first-order chi connectivity index (χ1) is 11.7. The van der Waals surface area contributed by atoms with Crippen LogP contribution in [0.5, 0.6) is 0 Å². The highest BCUT2D eigenvalue weighted by atomic mass is 16.3. The number of carbonyl (C=O) groups is 1. The molecular formula is C17H17N5O2. The molecule has 0 saturated carbocycles. The molecule has 3 heterocycles. The minimum absolute atomic E-state index is 0.0480. The fourth-order valence-electron chi connectivity index (χ4n) is 3.16. The molecular weight excluding hydrogens is 306 g/mol. The van der Waals surface area contributed by atoms with Crippen molar-refractivity contribution in [1.82, 2.24) is 25.3 Å². The molecule has 4 rings (SSSR count). The minimum Gasteiger partial charge on any atom is -0.385 e. The fraction of sp³-hybridized carbons (Fsp3) is 0.294. The van der Waals surface area contributed by atoms with E-state index in [9.17, 15) is 9.90 Å². The average molecular weight is 323 g/mol. The molecule has 122 valence electrons. The van der Waals surface area contributed by atoms with Crippen molar-refractivity contribution in [2.45, 2.75) is 18.4 Å². The van der Waals surface area contributed by atoms with Crippen molar-refractivity contribution in [3.8, 4) is 0 Å². The topological polar surface area (TPSA) is 95.0 Å². The van der Waals surface area contributed by atoms with Gasteiger partial charge >= 0.3 is 0 Å². The van der Waals surface area contributed by atoms with Crippen LogP contribution in [0, 0.1) is 0 Å². The number of aromatic amines is 1. The van der Waals surface area contributed by atoms with Crippen molar-refractivity contribution in [3.05, 3.63) is 53.9 Å². The van der Waals surface area contributed by atoms with Gasteiger partial charge in [-0.1, -0.05) is 6.07 Å². The fourth-order valence-corrected chi connectivity index (χ4v) is 3.16. The van der Waals surface area contributed by atoms with Crippen LogP contribution in [0.1, 0.15) is 28.8 Å². The van der Waals surface area contributed by atoms with Gasteiger partial charge in [0.1, 0.15) is 11.0 Å². The van der Waals surface area contributed by atoms with Gasteiger partial charge in [-0.3, -0.25) is 9.78 Å². The Hall–Kier alpha value is -2.80. The third kappa shape index (κ3) is 2.52. The molecule has 1 aliphatic heterocycles. The van der Waals surface area contributed by atoms with Gasteiger partial charge in [-0.2, -0.15) is 15.4 Å². The molecule has 1 amide bonds. The number of piperidine rings is 1. The van der Waals surface area contributed by atoms with E-state index in [4.69, 9.17) is 0 Å². The van der Waals surface area contributed by atoms with Crippen molar-refractivity contribution in [2.75, 3.05) is 13.1 Å². The summed E-state index contributed by atoms with van der Waals surface area (Å²) in [6.07, 6.45) is 4.37. The maximum absolute atomic E-state index is 12.7. The minimum atomic E-state index is -0.916. The summed E-state index contributed by atoms with van der Waals surface area (Å²) in [5.74, 6) is -0.0480. The van der Waals surface area contributed by atoms with E-state index in [1.165, 1.54) is 0 Å². The standard InChI is InChI=1S/C17H17N5O2/c23-16(12-3-4-14-15(10-12)20-21-19-14)22-8-5-17(24,6-9-22)13-2-1-7-18-11-13/h1-4,7,10-11,24H,5-6,8-9H2,(H,19,20,21). The van der Waals surface area contributed by atoms with E-state index in [2.05, 4.69) is 20.4 Å². The Balaban J connectivity index is 1.50. The summed E-state index contributed by atoms with van der Waals surface area (Å²) in [4.78, 5) is 18.5. The number of amides is 1. The van der Waals surface area contributed by atoms with Crippen molar-refractivity contribution in [3.63, 3.8) is 0 Å². The molecule has 0 aliphatic carbocycles. The molecule has 7 nitrogen and oxygen atoms in total. The van der Waals surface area contributed by atoms with Crippen LogP contribution < -0.4 is 0 Å². The first-order valence-electron chi connectivity index (χ1n) is 7.88. The third-order valence-electron chi connectivity index (χ3n) is 4.64. The summed E-state index contributed by atoms with van der Waals surface area (Å²) in [5.41, 5.74) is 1.88. The molecule has 0 atom stereocenters. The summed E-state index contributed by atoms with van der Waals surface area (Å²) in [5, 5.41) is 21.4. The summed E-state index contributed by atoms with van der Waals surface area (Å²) >= 11 is 0. The van der Waals surface area contributed by atoms with Gasteiger partial charge in [-0.15, -0.1) is 0 Å². The number of benzene rings is 1. The number of rotatable bonds is 2. The zero-order chi connectivity index (χ0) is 16.6. The number of fused-ring (bicyclic) bond motifs is 1. The molecule has 1 aromatic carbocycles. The van der Waals surface area contributed by atoms with Crippen LogP contribution in [0.4, 0.5) is 0 Å². The largest absolute Gasteiger partial charge is 0.385 e. The van der Waals surface area contributed by atoms with E-state index in [1.54, 1.807) is 35.5 Å². The Kier molecular flexibility index (Phi) is 3.50. The van der Waals surface area contributed by atoms with Gasteiger partial charge < -0.3 is 10.0 Å². The second kappa shape index (κ2) is 5.68. The predicted molar refractivity (Wildman–Crippen MR) is 87.2 cm³/mol. The lowest BCUT2D eigenvalue weighted by Crippen LogP contribution is -2.45. The van der Waals surface area contributed by atoms with Gasteiger partial charge in [-0.05, 0) is 37.1 Å². The first kappa shape index (κ1) is 14.8. The Labute approximate surface area is 138 Å². The van der Waals surface area contributed by atoms with E-state index < -0.39 is 5.60 Å². The van der Waals surface area contributed by atoms with Crippen LogP contribution in [0.25, 0.3) is 11.0 Å². The summed E-state index contributed by atoms with van der Waals surface area (Å²) in [6.45, 7) is 1.00. The molecule has 0 spiro atoms. The molecule has 2 N–H and O–H groups in total.